The summed E-state index contributed by atoms with van der Waals surface area (Å²) in [5.74, 6) is 1.64. The van der Waals surface area contributed by atoms with E-state index in [9.17, 15) is 4.79 Å². The van der Waals surface area contributed by atoms with Gasteiger partial charge >= 0.3 is 5.97 Å². The highest BCUT2D eigenvalue weighted by Crippen LogP contribution is 1.51. The number of hydrogen-bond acceptors (Lipinski definition) is 1. The molecule has 32 valence electrons. The molecule has 0 unspecified atom stereocenters. The molecule has 0 aromatic carbocycles. The van der Waals surface area contributed by atoms with Gasteiger partial charge in [-0.15, -0.1) is 0 Å². The minimum atomic E-state index is -2.46. The maximum atomic E-state index is 9.62. The molecule has 0 saturated carbocycles. The van der Waals surface area contributed by atoms with E-state index < -0.39 is 12.8 Å². The Hall–Kier alpha value is -0.970. The fraction of sp³-hybridized carbons (Fsp3) is 0.250. The molecule has 0 rings (SSSR count). The Balaban J connectivity index is 4.04. The SMILES string of the molecule is [2H]C([2H])([2H])C#CC(=O)O. The van der Waals surface area contributed by atoms with Crippen LogP contribution in [-0.2, 0) is 4.79 Å². The molecule has 0 radical (unpaired) electrons. The van der Waals surface area contributed by atoms with Crippen LogP contribution in [0.5, 0.6) is 0 Å². The zero-order valence-electron chi connectivity index (χ0n) is 5.86. The van der Waals surface area contributed by atoms with Crippen LogP contribution in [0.1, 0.15) is 11.0 Å². The van der Waals surface area contributed by atoms with E-state index in [0.717, 1.165) is 0 Å². The lowest BCUT2D eigenvalue weighted by Crippen LogP contribution is -1.84. The fourth-order valence-corrected chi connectivity index (χ4v) is 0.0535. The van der Waals surface area contributed by atoms with Gasteiger partial charge in [-0.25, -0.2) is 4.79 Å². The molecule has 0 amide bonds. The molecule has 0 aliphatic rings. The Labute approximate surface area is 40.0 Å². The zero-order chi connectivity index (χ0) is 7.49. The Morgan fingerprint density at radius 1 is 2.17 bits per heavy atom. The van der Waals surface area contributed by atoms with Crippen LogP contribution in [-0.4, -0.2) is 11.1 Å². The lowest BCUT2D eigenvalue weighted by molar-refractivity contribution is -0.130. The molecule has 2 heteroatoms. The van der Waals surface area contributed by atoms with Crippen LogP contribution in [0.2, 0.25) is 0 Å². The zero-order valence-corrected chi connectivity index (χ0v) is 2.86. The summed E-state index contributed by atoms with van der Waals surface area (Å²) < 4.78 is 19.3. The van der Waals surface area contributed by atoms with Gasteiger partial charge in [-0.05, 0) is 6.85 Å². The molecule has 0 aliphatic carbocycles. The smallest absolute Gasteiger partial charge is 0.381 e. The highest BCUT2D eigenvalue weighted by atomic mass is 16.4. The molecule has 0 aliphatic heterocycles. The van der Waals surface area contributed by atoms with Gasteiger partial charge in [0.05, 0.1) is 0 Å². The van der Waals surface area contributed by atoms with Crippen LogP contribution in [0.3, 0.4) is 0 Å². The number of aliphatic carboxylic acids is 1. The number of carboxylic acid groups (broad SMARTS) is 1. The molecule has 1 N–H and O–H groups in total. The molecule has 0 fully saturated rings. The van der Waals surface area contributed by atoms with Gasteiger partial charge in [0, 0.05) is 10.0 Å². The van der Waals surface area contributed by atoms with Crippen molar-refractivity contribution in [1.82, 2.24) is 0 Å². The van der Waals surface area contributed by atoms with Crippen LogP contribution in [0, 0.1) is 11.8 Å². The van der Waals surface area contributed by atoms with E-state index in [4.69, 9.17) is 9.22 Å². The van der Waals surface area contributed by atoms with Crippen molar-refractivity contribution in [2.24, 2.45) is 0 Å². The molecule has 0 atom stereocenters. The summed E-state index contributed by atoms with van der Waals surface area (Å²) in [5.41, 5.74) is 0. The van der Waals surface area contributed by atoms with Crippen molar-refractivity contribution in [3.05, 3.63) is 0 Å². The summed E-state index contributed by atoms with van der Waals surface area (Å²) in [5, 5.41) is 7.85. The van der Waals surface area contributed by atoms with Gasteiger partial charge in [-0.3, -0.25) is 0 Å². The van der Waals surface area contributed by atoms with Gasteiger partial charge in [-0.2, -0.15) is 0 Å². The Kier molecular flexibility index (Phi) is 0.628. The van der Waals surface area contributed by atoms with Gasteiger partial charge < -0.3 is 5.11 Å². The van der Waals surface area contributed by atoms with Crippen molar-refractivity contribution in [1.29, 1.82) is 0 Å². The predicted octanol–water partition coefficient (Wildman–Crippen LogP) is 0.0943. The monoisotopic (exact) mass is 87.0 g/mol. The average Bonchev–Trinajstić information content (AvgIpc) is 1.59. The molecular weight excluding hydrogens is 80.0 g/mol. The van der Waals surface area contributed by atoms with Crippen molar-refractivity contribution in [2.75, 3.05) is 0 Å². The highest BCUT2D eigenvalue weighted by molar-refractivity contribution is 5.86. The molecule has 6 heavy (non-hydrogen) atoms. The van der Waals surface area contributed by atoms with Crippen LogP contribution in [0.4, 0.5) is 0 Å². The Bertz CT molecular complexity index is 170. The van der Waals surface area contributed by atoms with Gasteiger partial charge in [0.2, 0.25) is 0 Å². The van der Waals surface area contributed by atoms with E-state index in [2.05, 4.69) is 0 Å². The molecule has 2 nitrogen and oxygen atoms in total. The second-order valence-corrected chi connectivity index (χ2v) is 0.555. The molecule has 0 aromatic rings. The van der Waals surface area contributed by atoms with Crippen LogP contribution < -0.4 is 0 Å². The van der Waals surface area contributed by atoms with Gasteiger partial charge in [-0.1, -0.05) is 5.92 Å². The molecular formula is C4H4O2. The minimum absolute atomic E-state index is 1.42. The summed E-state index contributed by atoms with van der Waals surface area (Å²) >= 11 is 0. The third-order valence-electron chi connectivity index (χ3n) is 0.169. The number of carbonyl (C=O) groups is 1. The van der Waals surface area contributed by atoms with Crippen molar-refractivity contribution in [2.45, 2.75) is 6.85 Å². The predicted molar refractivity (Wildman–Crippen MR) is 21.1 cm³/mol. The number of hydrogen-bond donors (Lipinski definition) is 1. The largest absolute Gasteiger partial charge is 0.472 e. The van der Waals surface area contributed by atoms with E-state index in [-0.39, 0.29) is 0 Å². The summed E-state index contributed by atoms with van der Waals surface area (Å²) in [6.45, 7) is -2.46. The van der Waals surface area contributed by atoms with E-state index in [1.165, 1.54) is 5.92 Å². The normalized spacial score (nSPS) is 15.0. The standard InChI is InChI=1S/C4H4O2/c1-2-3-4(5)6/h1H3,(H,5,6)/i1D3. The van der Waals surface area contributed by atoms with E-state index in [1.807, 2.05) is 0 Å². The van der Waals surface area contributed by atoms with Crippen LogP contribution >= 0.6 is 0 Å². The third-order valence-corrected chi connectivity index (χ3v) is 0.169. The first-order chi connectivity index (χ1) is 3.92. The quantitative estimate of drug-likeness (QED) is 0.425. The summed E-state index contributed by atoms with van der Waals surface area (Å²) in [4.78, 5) is 9.62. The lowest BCUT2D eigenvalue weighted by atomic mass is 10.6. The van der Waals surface area contributed by atoms with Crippen molar-refractivity contribution >= 4 is 5.97 Å². The summed E-state index contributed by atoms with van der Waals surface area (Å²) in [6, 6.07) is 0. The number of rotatable bonds is 0. The second kappa shape index (κ2) is 2.28. The molecule has 0 saturated heterocycles. The Morgan fingerprint density at radius 3 is 3.00 bits per heavy atom. The fourth-order valence-electron chi connectivity index (χ4n) is 0.0535. The molecule has 0 bridgehead atoms. The first-order valence-electron chi connectivity index (χ1n) is 2.68. The van der Waals surface area contributed by atoms with Crippen LogP contribution in [0.25, 0.3) is 0 Å². The maximum Gasteiger partial charge on any atom is 0.381 e. The maximum absolute atomic E-state index is 9.62. The topological polar surface area (TPSA) is 37.3 Å². The van der Waals surface area contributed by atoms with Crippen molar-refractivity contribution in [3.63, 3.8) is 0 Å². The summed E-state index contributed by atoms with van der Waals surface area (Å²) in [7, 11) is 0. The van der Waals surface area contributed by atoms with Crippen LogP contribution in [0.15, 0.2) is 0 Å². The number of carboxylic acids is 1. The minimum Gasteiger partial charge on any atom is -0.472 e. The second-order valence-electron chi connectivity index (χ2n) is 0.555. The van der Waals surface area contributed by atoms with Gasteiger partial charge in [0.1, 0.15) is 0 Å². The average molecular weight is 87.1 g/mol. The van der Waals surface area contributed by atoms with Crippen molar-refractivity contribution < 1.29 is 14.0 Å². The first-order valence-corrected chi connectivity index (χ1v) is 1.18. The molecule has 0 spiro atoms. The van der Waals surface area contributed by atoms with Gasteiger partial charge in [0.25, 0.3) is 0 Å². The molecule has 0 heterocycles. The third kappa shape index (κ3) is 3.03. The summed E-state index contributed by atoms with van der Waals surface area (Å²) in [6.07, 6.45) is 0. The van der Waals surface area contributed by atoms with Crippen molar-refractivity contribution in [3.8, 4) is 11.8 Å². The van der Waals surface area contributed by atoms with E-state index in [0.29, 0.717) is 0 Å². The first kappa shape index (κ1) is 1.65. The molecule has 0 aromatic heterocycles. The van der Waals surface area contributed by atoms with E-state index in [1.54, 1.807) is 5.92 Å². The lowest BCUT2D eigenvalue weighted by Gasteiger charge is -1.63. The van der Waals surface area contributed by atoms with Gasteiger partial charge in [0.15, 0.2) is 0 Å². The van der Waals surface area contributed by atoms with E-state index >= 15 is 0 Å². The Morgan fingerprint density at radius 2 is 2.83 bits per heavy atom. The highest BCUT2D eigenvalue weighted by Gasteiger charge is 1.76.